The summed E-state index contributed by atoms with van der Waals surface area (Å²) >= 11 is 8.86. The Hall–Kier alpha value is -1.14. The molecule has 0 unspecified atom stereocenters. The van der Waals surface area contributed by atoms with E-state index >= 15 is 0 Å². The van der Waals surface area contributed by atoms with Crippen LogP contribution in [0.3, 0.4) is 0 Å². The molecular formula is C8H7BrClN3O2. The zero-order chi connectivity index (χ0) is 11.4. The van der Waals surface area contributed by atoms with E-state index in [1.807, 2.05) is 0 Å². The minimum atomic E-state index is -0.524. The third-order valence-electron chi connectivity index (χ3n) is 1.40. The quantitative estimate of drug-likeness (QED) is 0.605. The summed E-state index contributed by atoms with van der Waals surface area (Å²) in [7, 11) is 0. The predicted molar refractivity (Wildman–Crippen MR) is 58.2 cm³/mol. The first kappa shape index (κ1) is 11.9. The normalized spacial score (nSPS) is 9.53. The number of amides is 2. The second-order valence-electron chi connectivity index (χ2n) is 2.63. The summed E-state index contributed by atoms with van der Waals surface area (Å²) in [6.45, 7) is 1.28. The fraction of sp³-hybridized carbons (Fsp3) is 0.125. The molecule has 15 heavy (non-hydrogen) atoms. The maximum atomic E-state index is 11.5. The predicted octanol–water partition coefficient (Wildman–Crippen LogP) is 1.28. The van der Waals surface area contributed by atoms with Crippen molar-refractivity contribution in [1.29, 1.82) is 0 Å². The molecule has 1 aromatic heterocycles. The van der Waals surface area contributed by atoms with Gasteiger partial charge in [-0.2, -0.15) is 0 Å². The first-order chi connectivity index (χ1) is 7.00. The van der Waals surface area contributed by atoms with Crippen molar-refractivity contribution in [2.45, 2.75) is 6.92 Å². The Morgan fingerprint density at radius 3 is 2.73 bits per heavy atom. The highest BCUT2D eigenvalue weighted by molar-refractivity contribution is 9.10. The lowest BCUT2D eigenvalue weighted by molar-refractivity contribution is -0.119. The number of hydrogen-bond donors (Lipinski definition) is 2. The molecule has 0 radical (unpaired) electrons. The van der Waals surface area contributed by atoms with Gasteiger partial charge in [-0.25, -0.2) is 4.98 Å². The molecule has 0 saturated carbocycles. The van der Waals surface area contributed by atoms with Gasteiger partial charge in [0, 0.05) is 17.6 Å². The van der Waals surface area contributed by atoms with Gasteiger partial charge in [-0.1, -0.05) is 11.6 Å². The number of carbonyl (C=O) groups is 2. The van der Waals surface area contributed by atoms with Crippen molar-refractivity contribution >= 4 is 39.3 Å². The summed E-state index contributed by atoms with van der Waals surface area (Å²) in [5.41, 5.74) is 4.51. The Morgan fingerprint density at radius 1 is 1.47 bits per heavy atom. The van der Waals surface area contributed by atoms with E-state index in [9.17, 15) is 9.59 Å². The average molecular weight is 293 g/mol. The summed E-state index contributed by atoms with van der Waals surface area (Å²) in [5.74, 6) is -0.897. The van der Waals surface area contributed by atoms with E-state index in [0.29, 0.717) is 4.47 Å². The first-order valence-corrected chi connectivity index (χ1v) is 5.06. The lowest BCUT2D eigenvalue weighted by Gasteiger charge is -2.06. The molecule has 2 amide bonds. The SMILES string of the molecule is CC(=O)NNC(=O)c1cc(Br)cnc1Cl. The molecule has 1 heterocycles. The van der Waals surface area contributed by atoms with Crippen LogP contribution in [0.25, 0.3) is 0 Å². The van der Waals surface area contributed by atoms with Crippen molar-refractivity contribution in [2.24, 2.45) is 0 Å². The van der Waals surface area contributed by atoms with Gasteiger partial charge in [-0.3, -0.25) is 20.4 Å². The third kappa shape index (κ3) is 3.49. The Morgan fingerprint density at radius 2 is 2.13 bits per heavy atom. The maximum Gasteiger partial charge on any atom is 0.272 e. The lowest BCUT2D eigenvalue weighted by Crippen LogP contribution is -2.40. The number of rotatable bonds is 1. The molecule has 7 heteroatoms. The Kier molecular flexibility index (Phi) is 4.05. The molecule has 0 aliphatic rings. The highest BCUT2D eigenvalue weighted by Gasteiger charge is 2.11. The number of halogens is 2. The van der Waals surface area contributed by atoms with Crippen molar-refractivity contribution < 1.29 is 9.59 Å². The van der Waals surface area contributed by atoms with Crippen LogP contribution in [0.4, 0.5) is 0 Å². The summed E-state index contributed by atoms with van der Waals surface area (Å²) in [4.78, 5) is 25.8. The van der Waals surface area contributed by atoms with E-state index in [4.69, 9.17) is 11.6 Å². The van der Waals surface area contributed by atoms with Crippen LogP contribution < -0.4 is 10.9 Å². The molecule has 2 N–H and O–H groups in total. The number of nitrogens with zero attached hydrogens (tertiary/aromatic N) is 1. The minimum absolute atomic E-state index is 0.0704. The molecule has 0 atom stereocenters. The molecule has 80 valence electrons. The molecule has 0 aliphatic carbocycles. The van der Waals surface area contributed by atoms with Crippen LogP contribution in [-0.4, -0.2) is 16.8 Å². The monoisotopic (exact) mass is 291 g/mol. The zero-order valence-electron chi connectivity index (χ0n) is 7.67. The molecule has 1 aromatic rings. The standard InChI is InChI=1S/C8H7BrClN3O2/c1-4(14)12-13-8(15)6-2-5(9)3-11-7(6)10/h2-3H,1H3,(H,12,14)(H,13,15). The smallest absolute Gasteiger partial charge is 0.272 e. The fourth-order valence-electron chi connectivity index (χ4n) is 0.794. The van der Waals surface area contributed by atoms with Gasteiger partial charge >= 0.3 is 0 Å². The summed E-state index contributed by atoms with van der Waals surface area (Å²) in [5, 5.41) is 0.0704. The first-order valence-electron chi connectivity index (χ1n) is 3.88. The second kappa shape index (κ2) is 5.09. The van der Waals surface area contributed by atoms with Crippen LogP contribution >= 0.6 is 27.5 Å². The molecule has 5 nitrogen and oxygen atoms in total. The van der Waals surface area contributed by atoms with Gasteiger partial charge in [-0.15, -0.1) is 0 Å². The van der Waals surface area contributed by atoms with Crippen molar-refractivity contribution in [2.75, 3.05) is 0 Å². The van der Waals surface area contributed by atoms with E-state index in [1.165, 1.54) is 19.2 Å². The van der Waals surface area contributed by atoms with Gasteiger partial charge in [0.15, 0.2) is 0 Å². The fourth-order valence-corrected chi connectivity index (χ4v) is 1.31. The van der Waals surface area contributed by atoms with Crippen LogP contribution in [0.5, 0.6) is 0 Å². The van der Waals surface area contributed by atoms with Gasteiger partial charge in [0.1, 0.15) is 5.15 Å². The summed E-state index contributed by atoms with van der Waals surface area (Å²) < 4.78 is 0.625. The molecule has 0 aromatic carbocycles. The number of hydrogen-bond acceptors (Lipinski definition) is 3. The number of carbonyl (C=O) groups excluding carboxylic acids is 2. The van der Waals surface area contributed by atoms with Gasteiger partial charge in [-0.05, 0) is 22.0 Å². The second-order valence-corrected chi connectivity index (χ2v) is 3.90. The molecule has 0 saturated heterocycles. The molecule has 0 fully saturated rings. The Bertz CT molecular complexity index is 411. The van der Waals surface area contributed by atoms with Crippen molar-refractivity contribution in [3.8, 4) is 0 Å². The number of nitrogens with one attached hydrogen (secondary N) is 2. The zero-order valence-corrected chi connectivity index (χ0v) is 10.0. The van der Waals surface area contributed by atoms with E-state index in [-0.39, 0.29) is 16.6 Å². The van der Waals surface area contributed by atoms with Crippen LogP contribution in [0.1, 0.15) is 17.3 Å². The third-order valence-corrected chi connectivity index (χ3v) is 2.14. The van der Waals surface area contributed by atoms with Gasteiger partial charge < -0.3 is 0 Å². The van der Waals surface area contributed by atoms with Crippen LogP contribution in [0.15, 0.2) is 16.7 Å². The molecule has 1 rings (SSSR count). The topological polar surface area (TPSA) is 71.1 Å². The van der Waals surface area contributed by atoms with Crippen molar-refractivity contribution in [3.05, 3.63) is 27.5 Å². The largest absolute Gasteiger partial charge is 0.274 e. The molecule has 0 aliphatic heterocycles. The minimum Gasteiger partial charge on any atom is -0.274 e. The van der Waals surface area contributed by atoms with E-state index in [2.05, 4.69) is 31.8 Å². The molecule has 0 spiro atoms. The Balaban J connectivity index is 2.81. The Labute approximate surface area is 99.3 Å². The van der Waals surface area contributed by atoms with Crippen molar-refractivity contribution in [3.63, 3.8) is 0 Å². The lowest BCUT2D eigenvalue weighted by atomic mass is 10.3. The number of hydrazine groups is 1. The van der Waals surface area contributed by atoms with Gasteiger partial charge in [0.2, 0.25) is 5.91 Å². The number of pyridine rings is 1. The summed E-state index contributed by atoms with van der Waals surface area (Å²) in [6.07, 6.45) is 1.47. The maximum absolute atomic E-state index is 11.5. The number of aromatic nitrogens is 1. The van der Waals surface area contributed by atoms with Gasteiger partial charge in [0.05, 0.1) is 5.56 Å². The molecular weight excluding hydrogens is 285 g/mol. The summed E-state index contributed by atoms with van der Waals surface area (Å²) in [6, 6.07) is 1.51. The highest BCUT2D eigenvalue weighted by Crippen LogP contribution is 2.17. The van der Waals surface area contributed by atoms with Crippen LogP contribution in [0, 0.1) is 0 Å². The molecule has 0 bridgehead atoms. The van der Waals surface area contributed by atoms with Crippen molar-refractivity contribution in [1.82, 2.24) is 15.8 Å². The van der Waals surface area contributed by atoms with Crippen LogP contribution in [-0.2, 0) is 4.79 Å². The van der Waals surface area contributed by atoms with Gasteiger partial charge in [0.25, 0.3) is 5.91 Å². The average Bonchev–Trinajstić information content (AvgIpc) is 2.18. The van der Waals surface area contributed by atoms with E-state index in [1.54, 1.807) is 0 Å². The van der Waals surface area contributed by atoms with Crippen LogP contribution in [0.2, 0.25) is 5.15 Å². The van der Waals surface area contributed by atoms with E-state index < -0.39 is 5.91 Å². The highest BCUT2D eigenvalue weighted by atomic mass is 79.9. The van der Waals surface area contributed by atoms with E-state index in [0.717, 1.165) is 0 Å².